The summed E-state index contributed by atoms with van der Waals surface area (Å²) in [5.41, 5.74) is 3.13. The molecule has 86 valence electrons. The summed E-state index contributed by atoms with van der Waals surface area (Å²) in [6.07, 6.45) is 0. The van der Waals surface area contributed by atoms with Gasteiger partial charge in [-0.05, 0) is 42.5 Å². The molecule has 0 aliphatic rings. The SMILES string of the molecule is N#Cc1ccc2[nH]c(-c3ccc(O)cc3)nc2c1. The Morgan fingerprint density at radius 1 is 1.11 bits per heavy atom. The highest BCUT2D eigenvalue weighted by atomic mass is 16.3. The number of H-pyrrole nitrogens is 1. The van der Waals surface area contributed by atoms with Crippen LogP contribution in [0.25, 0.3) is 22.4 Å². The number of hydrogen-bond donors (Lipinski definition) is 2. The van der Waals surface area contributed by atoms with E-state index < -0.39 is 0 Å². The van der Waals surface area contributed by atoms with Crippen molar-refractivity contribution in [2.45, 2.75) is 0 Å². The lowest BCUT2D eigenvalue weighted by molar-refractivity contribution is 0.475. The van der Waals surface area contributed by atoms with Crippen LogP contribution < -0.4 is 0 Å². The Kier molecular flexibility index (Phi) is 2.24. The number of phenolic OH excluding ortho intramolecular Hbond substituents is 1. The van der Waals surface area contributed by atoms with Gasteiger partial charge in [-0.25, -0.2) is 4.98 Å². The largest absolute Gasteiger partial charge is 0.508 e. The topological polar surface area (TPSA) is 72.7 Å². The number of imidazole rings is 1. The summed E-state index contributed by atoms with van der Waals surface area (Å²) in [5.74, 6) is 0.946. The van der Waals surface area contributed by atoms with Crippen molar-refractivity contribution < 1.29 is 5.11 Å². The summed E-state index contributed by atoms with van der Waals surface area (Å²) >= 11 is 0. The Morgan fingerprint density at radius 2 is 1.89 bits per heavy atom. The van der Waals surface area contributed by atoms with Gasteiger partial charge in [-0.15, -0.1) is 0 Å². The van der Waals surface area contributed by atoms with E-state index in [-0.39, 0.29) is 5.75 Å². The fraction of sp³-hybridized carbons (Fsp3) is 0. The first-order valence-electron chi connectivity index (χ1n) is 5.45. The summed E-state index contributed by atoms with van der Waals surface area (Å²) in [6, 6.07) is 14.2. The maximum absolute atomic E-state index is 9.25. The van der Waals surface area contributed by atoms with E-state index in [9.17, 15) is 5.11 Å². The van der Waals surface area contributed by atoms with Gasteiger partial charge in [0.15, 0.2) is 0 Å². The molecule has 4 heteroatoms. The third kappa shape index (κ3) is 1.68. The Morgan fingerprint density at radius 3 is 2.61 bits per heavy atom. The number of nitrogens with zero attached hydrogens (tertiary/aromatic N) is 2. The van der Waals surface area contributed by atoms with Crippen LogP contribution in [0.1, 0.15) is 5.56 Å². The molecule has 0 aliphatic carbocycles. The van der Waals surface area contributed by atoms with Crippen molar-refractivity contribution in [3.63, 3.8) is 0 Å². The molecule has 0 aliphatic heterocycles. The first kappa shape index (κ1) is 10.4. The molecular weight excluding hydrogens is 226 g/mol. The van der Waals surface area contributed by atoms with Crippen LogP contribution >= 0.6 is 0 Å². The normalized spacial score (nSPS) is 10.4. The second-order valence-electron chi connectivity index (χ2n) is 3.98. The molecule has 1 heterocycles. The van der Waals surface area contributed by atoms with E-state index in [0.29, 0.717) is 5.56 Å². The third-order valence-corrected chi connectivity index (χ3v) is 2.75. The summed E-state index contributed by atoms with van der Waals surface area (Å²) in [7, 11) is 0. The highest BCUT2D eigenvalue weighted by Crippen LogP contribution is 2.22. The van der Waals surface area contributed by atoms with Crippen molar-refractivity contribution in [1.29, 1.82) is 5.26 Å². The van der Waals surface area contributed by atoms with Gasteiger partial charge >= 0.3 is 0 Å². The Hall–Kier alpha value is -2.80. The van der Waals surface area contributed by atoms with Crippen molar-refractivity contribution in [3.8, 4) is 23.2 Å². The summed E-state index contributed by atoms with van der Waals surface area (Å²) in [4.78, 5) is 7.61. The van der Waals surface area contributed by atoms with E-state index in [0.717, 1.165) is 22.4 Å². The summed E-state index contributed by atoms with van der Waals surface area (Å²) in [6.45, 7) is 0. The third-order valence-electron chi connectivity index (χ3n) is 2.75. The molecule has 0 bridgehead atoms. The number of fused-ring (bicyclic) bond motifs is 1. The van der Waals surface area contributed by atoms with Crippen molar-refractivity contribution in [2.24, 2.45) is 0 Å². The number of aromatic hydroxyl groups is 1. The van der Waals surface area contributed by atoms with Crippen molar-refractivity contribution in [2.75, 3.05) is 0 Å². The number of aromatic nitrogens is 2. The van der Waals surface area contributed by atoms with E-state index >= 15 is 0 Å². The fourth-order valence-electron chi connectivity index (χ4n) is 1.83. The molecule has 18 heavy (non-hydrogen) atoms. The van der Waals surface area contributed by atoms with Crippen LogP contribution in [0.5, 0.6) is 5.75 Å². The van der Waals surface area contributed by atoms with Crippen molar-refractivity contribution in [1.82, 2.24) is 9.97 Å². The van der Waals surface area contributed by atoms with Crippen LogP contribution in [0, 0.1) is 11.3 Å². The molecule has 0 saturated heterocycles. The van der Waals surface area contributed by atoms with Gasteiger partial charge in [0, 0.05) is 5.56 Å². The monoisotopic (exact) mass is 235 g/mol. The standard InChI is InChI=1S/C14H9N3O/c15-8-9-1-6-12-13(7-9)17-14(16-12)10-2-4-11(18)5-3-10/h1-7,18H,(H,16,17). The maximum atomic E-state index is 9.25. The van der Waals surface area contributed by atoms with Crippen molar-refractivity contribution in [3.05, 3.63) is 48.0 Å². The number of benzene rings is 2. The van der Waals surface area contributed by atoms with E-state index in [1.165, 1.54) is 0 Å². The number of aromatic amines is 1. The molecule has 0 unspecified atom stereocenters. The fourth-order valence-corrected chi connectivity index (χ4v) is 1.83. The molecule has 0 fully saturated rings. The van der Waals surface area contributed by atoms with Crippen LogP contribution in [0.2, 0.25) is 0 Å². The van der Waals surface area contributed by atoms with Gasteiger partial charge in [-0.2, -0.15) is 5.26 Å². The molecule has 3 aromatic rings. The van der Waals surface area contributed by atoms with E-state index in [1.54, 1.807) is 36.4 Å². The highest BCUT2D eigenvalue weighted by molar-refractivity contribution is 5.80. The molecule has 3 rings (SSSR count). The number of nitrogens with one attached hydrogen (secondary N) is 1. The quantitative estimate of drug-likeness (QED) is 0.681. The average Bonchev–Trinajstić information content (AvgIpc) is 2.82. The van der Waals surface area contributed by atoms with Crippen LogP contribution in [-0.2, 0) is 0 Å². The van der Waals surface area contributed by atoms with Gasteiger partial charge in [0.05, 0.1) is 22.7 Å². The molecule has 2 aromatic carbocycles. The lowest BCUT2D eigenvalue weighted by Gasteiger charge is -1.95. The Bertz CT molecular complexity index is 751. The second kappa shape index (κ2) is 3.90. The van der Waals surface area contributed by atoms with Crippen LogP contribution in [0.3, 0.4) is 0 Å². The highest BCUT2D eigenvalue weighted by Gasteiger charge is 2.05. The molecular formula is C14H9N3O. The number of nitriles is 1. The predicted octanol–water partition coefficient (Wildman–Crippen LogP) is 2.81. The van der Waals surface area contributed by atoms with Gasteiger partial charge < -0.3 is 10.1 Å². The lowest BCUT2D eigenvalue weighted by atomic mass is 10.2. The minimum atomic E-state index is 0.224. The molecule has 4 nitrogen and oxygen atoms in total. The van der Waals surface area contributed by atoms with Crippen LogP contribution in [0.15, 0.2) is 42.5 Å². The predicted molar refractivity (Wildman–Crippen MR) is 67.9 cm³/mol. The maximum Gasteiger partial charge on any atom is 0.138 e. The summed E-state index contributed by atoms with van der Waals surface area (Å²) in [5, 5.41) is 18.1. The first-order chi connectivity index (χ1) is 8.76. The zero-order valence-electron chi connectivity index (χ0n) is 9.38. The molecule has 0 saturated carbocycles. The minimum Gasteiger partial charge on any atom is -0.508 e. The zero-order chi connectivity index (χ0) is 12.5. The average molecular weight is 235 g/mol. The van der Waals surface area contributed by atoms with Crippen LogP contribution in [0.4, 0.5) is 0 Å². The Labute approximate surface area is 103 Å². The minimum absolute atomic E-state index is 0.224. The first-order valence-corrected chi connectivity index (χ1v) is 5.45. The molecule has 0 atom stereocenters. The molecule has 0 spiro atoms. The number of rotatable bonds is 1. The van der Waals surface area contributed by atoms with E-state index in [4.69, 9.17) is 5.26 Å². The van der Waals surface area contributed by atoms with Gasteiger partial charge in [0.25, 0.3) is 0 Å². The number of phenols is 1. The molecule has 2 N–H and O–H groups in total. The van der Waals surface area contributed by atoms with Gasteiger partial charge in [-0.3, -0.25) is 0 Å². The number of hydrogen-bond acceptors (Lipinski definition) is 3. The summed E-state index contributed by atoms with van der Waals surface area (Å²) < 4.78 is 0. The van der Waals surface area contributed by atoms with E-state index in [2.05, 4.69) is 16.0 Å². The van der Waals surface area contributed by atoms with Gasteiger partial charge in [-0.1, -0.05) is 0 Å². The van der Waals surface area contributed by atoms with Crippen LogP contribution in [-0.4, -0.2) is 15.1 Å². The molecule has 1 aromatic heterocycles. The van der Waals surface area contributed by atoms with Crippen molar-refractivity contribution >= 4 is 11.0 Å². The molecule has 0 amide bonds. The smallest absolute Gasteiger partial charge is 0.138 e. The Balaban J connectivity index is 2.13. The zero-order valence-corrected chi connectivity index (χ0v) is 9.38. The molecule has 0 radical (unpaired) electrons. The second-order valence-corrected chi connectivity index (χ2v) is 3.98. The van der Waals surface area contributed by atoms with E-state index in [1.807, 2.05) is 6.07 Å². The van der Waals surface area contributed by atoms with Gasteiger partial charge in [0.2, 0.25) is 0 Å². The lowest BCUT2D eigenvalue weighted by Crippen LogP contribution is -1.78. The van der Waals surface area contributed by atoms with Gasteiger partial charge in [0.1, 0.15) is 11.6 Å².